The van der Waals surface area contributed by atoms with Gasteiger partial charge in [0.2, 0.25) is 5.09 Å². The lowest BCUT2D eigenvalue weighted by atomic mass is 10.2. The Hall–Kier alpha value is -0.890. The van der Waals surface area contributed by atoms with Gasteiger partial charge in [-0.05, 0) is 31.4 Å². The summed E-state index contributed by atoms with van der Waals surface area (Å²) < 4.78 is 30.6. The standard InChI is InChI=1S/C10H17NO5S/c12-7-3-1-2-6-11-17(14,15)10-5-4-9(8-13)16-10/h4-5,11-13H,1-3,6-8H2. The smallest absolute Gasteiger partial charge is 0.273 e. The number of aliphatic hydroxyl groups excluding tert-OH is 2. The zero-order valence-electron chi connectivity index (χ0n) is 9.42. The van der Waals surface area contributed by atoms with E-state index in [1.54, 1.807) is 0 Å². The van der Waals surface area contributed by atoms with Crippen molar-refractivity contribution in [2.24, 2.45) is 0 Å². The van der Waals surface area contributed by atoms with Crippen LogP contribution in [0.3, 0.4) is 0 Å². The van der Waals surface area contributed by atoms with Gasteiger partial charge < -0.3 is 14.6 Å². The van der Waals surface area contributed by atoms with Crippen LogP contribution in [0.1, 0.15) is 25.0 Å². The fraction of sp³-hybridized carbons (Fsp3) is 0.600. The van der Waals surface area contributed by atoms with E-state index in [1.807, 2.05) is 0 Å². The molecule has 98 valence electrons. The van der Waals surface area contributed by atoms with Crippen molar-refractivity contribution in [3.63, 3.8) is 0 Å². The van der Waals surface area contributed by atoms with E-state index in [-0.39, 0.29) is 24.1 Å². The molecule has 0 unspecified atom stereocenters. The number of rotatable bonds is 8. The van der Waals surface area contributed by atoms with E-state index >= 15 is 0 Å². The average Bonchev–Trinajstić information content (AvgIpc) is 2.78. The summed E-state index contributed by atoms with van der Waals surface area (Å²) in [4.78, 5) is 0. The Kier molecular flexibility index (Phi) is 5.63. The summed E-state index contributed by atoms with van der Waals surface area (Å²) in [6.07, 6.45) is 2.09. The molecule has 1 aromatic heterocycles. The van der Waals surface area contributed by atoms with Crippen LogP contribution in [-0.4, -0.2) is 31.8 Å². The minimum Gasteiger partial charge on any atom is -0.446 e. The Morgan fingerprint density at radius 2 is 1.94 bits per heavy atom. The van der Waals surface area contributed by atoms with E-state index in [4.69, 9.17) is 14.6 Å². The predicted molar refractivity (Wildman–Crippen MR) is 60.8 cm³/mol. The molecule has 3 N–H and O–H groups in total. The number of aliphatic hydroxyl groups is 2. The SMILES string of the molecule is O=S(=O)(NCCCCCO)c1ccc(CO)o1. The van der Waals surface area contributed by atoms with Crippen molar-refractivity contribution in [1.29, 1.82) is 0 Å². The second kappa shape index (κ2) is 6.75. The van der Waals surface area contributed by atoms with E-state index in [9.17, 15) is 8.42 Å². The summed E-state index contributed by atoms with van der Waals surface area (Å²) in [6, 6.07) is 2.72. The summed E-state index contributed by atoms with van der Waals surface area (Å²) in [7, 11) is -3.63. The zero-order valence-corrected chi connectivity index (χ0v) is 10.2. The number of unbranched alkanes of at least 4 members (excludes halogenated alkanes) is 2. The lowest BCUT2D eigenvalue weighted by molar-refractivity contribution is 0.236. The van der Waals surface area contributed by atoms with Crippen molar-refractivity contribution < 1.29 is 23.0 Å². The quantitative estimate of drug-likeness (QED) is 0.582. The first-order valence-corrected chi connectivity index (χ1v) is 6.88. The maximum atomic E-state index is 11.7. The van der Waals surface area contributed by atoms with Crippen molar-refractivity contribution >= 4 is 10.0 Å². The zero-order chi connectivity index (χ0) is 12.7. The van der Waals surface area contributed by atoms with Crippen LogP contribution in [0.15, 0.2) is 21.6 Å². The lowest BCUT2D eigenvalue weighted by Gasteiger charge is -2.03. The molecule has 0 aliphatic heterocycles. The van der Waals surface area contributed by atoms with Crippen LogP contribution in [0.2, 0.25) is 0 Å². The molecule has 17 heavy (non-hydrogen) atoms. The van der Waals surface area contributed by atoms with E-state index in [2.05, 4.69) is 4.72 Å². The monoisotopic (exact) mass is 263 g/mol. The van der Waals surface area contributed by atoms with Gasteiger partial charge >= 0.3 is 0 Å². The number of nitrogens with one attached hydrogen (secondary N) is 1. The van der Waals surface area contributed by atoms with Gasteiger partial charge in [0.25, 0.3) is 10.0 Å². The fourth-order valence-corrected chi connectivity index (χ4v) is 2.30. The van der Waals surface area contributed by atoms with Gasteiger partial charge in [-0.25, -0.2) is 13.1 Å². The summed E-state index contributed by atoms with van der Waals surface area (Å²) in [5.74, 6) is 0.214. The normalized spacial score (nSPS) is 11.9. The molecule has 0 saturated carbocycles. The van der Waals surface area contributed by atoms with E-state index < -0.39 is 10.0 Å². The average molecular weight is 263 g/mol. The maximum absolute atomic E-state index is 11.7. The molecule has 1 aromatic rings. The second-order valence-corrected chi connectivity index (χ2v) is 5.26. The van der Waals surface area contributed by atoms with Crippen LogP contribution in [-0.2, 0) is 16.6 Å². The highest BCUT2D eigenvalue weighted by molar-refractivity contribution is 7.89. The lowest BCUT2D eigenvalue weighted by Crippen LogP contribution is -2.24. The summed E-state index contributed by atoms with van der Waals surface area (Å²) in [5.41, 5.74) is 0. The molecule has 1 heterocycles. The van der Waals surface area contributed by atoms with E-state index in [0.717, 1.165) is 6.42 Å². The van der Waals surface area contributed by atoms with Crippen LogP contribution < -0.4 is 4.72 Å². The summed E-state index contributed by atoms with van der Waals surface area (Å²) in [5, 5.41) is 17.1. The molecule has 0 saturated heterocycles. The number of hydrogen-bond acceptors (Lipinski definition) is 5. The molecule has 0 aliphatic rings. The molecule has 0 amide bonds. The molecule has 0 atom stereocenters. The van der Waals surface area contributed by atoms with Gasteiger partial charge in [0.15, 0.2) is 0 Å². The predicted octanol–water partition coefficient (Wildman–Crippen LogP) is 0.213. The minimum atomic E-state index is -3.63. The first kappa shape index (κ1) is 14.2. The molecule has 0 bridgehead atoms. The Balaban J connectivity index is 2.45. The highest BCUT2D eigenvalue weighted by atomic mass is 32.2. The van der Waals surface area contributed by atoms with Gasteiger partial charge in [-0.3, -0.25) is 0 Å². The first-order valence-electron chi connectivity index (χ1n) is 5.40. The summed E-state index contributed by atoms with van der Waals surface area (Å²) in [6.45, 7) is 0.0916. The molecule has 0 aromatic carbocycles. The van der Waals surface area contributed by atoms with E-state index in [1.165, 1.54) is 12.1 Å². The van der Waals surface area contributed by atoms with Crippen molar-refractivity contribution in [1.82, 2.24) is 4.72 Å². The van der Waals surface area contributed by atoms with Crippen LogP contribution >= 0.6 is 0 Å². The molecule has 0 aliphatic carbocycles. The first-order chi connectivity index (χ1) is 8.10. The van der Waals surface area contributed by atoms with Crippen LogP contribution in [0.4, 0.5) is 0 Å². The van der Waals surface area contributed by atoms with Gasteiger partial charge in [0, 0.05) is 13.2 Å². The highest BCUT2D eigenvalue weighted by Gasteiger charge is 2.17. The number of sulfonamides is 1. The third-order valence-corrected chi connectivity index (χ3v) is 3.52. The van der Waals surface area contributed by atoms with Gasteiger partial charge in [0.1, 0.15) is 12.4 Å². The van der Waals surface area contributed by atoms with Gasteiger partial charge in [-0.1, -0.05) is 0 Å². The molecule has 7 heteroatoms. The van der Waals surface area contributed by atoms with Crippen molar-refractivity contribution in [2.75, 3.05) is 13.2 Å². The van der Waals surface area contributed by atoms with Crippen molar-refractivity contribution in [3.8, 4) is 0 Å². The fourth-order valence-electron chi connectivity index (χ4n) is 1.28. The molecular weight excluding hydrogens is 246 g/mol. The second-order valence-electron chi connectivity index (χ2n) is 3.56. The largest absolute Gasteiger partial charge is 0.446 e. The van der Waals surface area contributed by atoms with Crippen LogP contribution in [0.5, 0.6) is 0 Å². The summed E-state index contributed by atoms with van der Waals surface area (Å²) >= 11 is 0. The number of furan rings is 1. The van der Waals surface area contributed by atoms with Crippen LogP contribution in [0, 0.1) is 0 Å². The highest BCUT2D eigenvalue weighted by Crippen LogP contribution is 2.13. The maximum Gasteiger partial charge on any atom is 0.273 e. The molecule has 1 rings (SSSR count). The molecule has 6 nitrogen and oxygen atoms in total. The Morgan fingerprint density at radius 1 is 1.18 bits per heavy atom. The molecule has 0 spiro atoms. The molecule has 0 radical (unpaired) electrons. The third-order valence-electron chi connectivity index (χ3n) is 2.18. The third kappa shape index (κ3) is 4.47. The van der Waals surface area contributed by atoms with Gasteiger partial charge in [-0.2, -0.15) is 0 Å². The number of hydrogen-bond donors (Lipinski definition) is 3. The topological polar surface area (TPSA) is 99.8 Å². The van der Waals surface area contributed by atoms with Crippen molar-refractivity contribution in [2.45, 2.75) is 31.0 Å². The van der Waals surface area contributed by atoms with Crippen molar-refractivity contribution in [3.05, 3.63) is 17.9 Å². The Morgan fingerprint density at radius 3 is 2.53 bits per heavy atom. The Labute approximate surface area is 100 Å². The van der Waals surface area contributed by atoms with Gasteiger partial charge in [0.05, 0.1) is 0 Å². The molecular formula is C10H17NO5S. The molecule has 0 fully saturated rings. The Bertz CT molecular complexity index is 426. The van der Waals surface area contributed by atoms with E-state index in [0.29, 0.717) is 19.4 Å². The van der Waals surface area contributed by atoms with Crippen LogP contribution in [0.25, 0.3) is 0 Å². The van der Waals surface area contributed by atoms with Gasteiger partial charge in [-0.15, -0.1) is 0 Å². The minimum absolute atomic E-state index is 0.116.